The Morgan fingerprint density at radius 1 is 1.08 bits per heavy atom. The predicted octanol–water partition coefficient (Wildman–Crippen LogP) is 4.46. The Hall–Kier alpha value is -2.13. The van der Waals surface area contributed by atoms with Crippen LogP contribution < -0.4 is 5.32 Å². The second-order valence-corrected chi connectivity index (χ2v) is 7.41. The lowest BCUT2D eigenvalue weighted by Crippen LogP contribution is -2.34. The van der Waals surface area contributed by atoms with Crippen LogP contribution in [0.4, 0.5) is 0 Å². The minimum absolute atomic E-state index is 0.117. The van der Waals surface area contributed by atoms with Crippen LogP contribution >= 0.6 is 0 Å². The second-order valence-electron chi connectivity index (χ2n) is 7.41. The van der Waals surface area contributed by atoms with Gasteiger partial charge >= 0.3 is 0 Å². The van der Waals surface area contributed by atoms with Crippen molar-refractivity contribution >= 4 is 5.84 Å². The van der Waals surface area contributed by atoms with Crippen molar-refractivity contribution in [1.82, 2.24) is 5.32 Å². The number of amidine groups is 1. The van der Waals surface area contributed by atoms with Crippen LogP contribution in [0.1, 0.15) is 43.9 Å². The Morgan fingerprint density at radius 2 is 1.72 bits per heavy atom. The molecule has 1 unspecified atom stereocenters. The van der Waals surface area contributed by atoms with E-state index in [1.54, 1.807) is 0 Å². The Morgan fingerprint density at radius 3 is 2.36 bits per heavy atom. The largest absolute Gasteiger partial charge is 0.370 e. The highest BCUT2D eigenvalue weighted by Crippen LogP contribution is 2.42. The molecule has 1 heterocycles. The number of hydrogen-bond acceptors (Lipinski definition) is 3. The molecule has 0 bridgehead atoms. The van der Waals surface area contributed by atoms with Crippen molar-refractivity contribution in [3.8, 4) is 0 Å². The SMILES string of the molecule is CC(OCC1=N[C@@](C)(c2ccccc2)[C@@H](c2ccccc2)N1)C1CC1. The van der Waals surface area contributed by atoms with Gasteiger partial charge in [0.25, 0.3) is 0 Å². The number of nitrogens with one attached hydrogen (secondary N) is 1. The molecule has 0 amide bonds. The molecule has 3 nitrogen and oxygen atoms in total. The van der Waals surface area contributed by atoms with Crippen LogP contribution in [0.2, 0.25) is 0 Å². The summed E-state index contributed by atoms with van der Waals surface area (Å²) in [5.41, 5.74) is 2.15. The number of ether oxygens (including phenoxy) is 1. The van der Waals surface area contributed by atoms with Gasteiger partial charge in [0.05, 0.1) is 12.1 Å². The molecule has 0 spiro atoms. The molecule has 1 fully saturated rings. The van der Waals surface area contributed by atoms with Gasteiger partial charge in [-0.2, -0.15) is 0 Å². The number of nitrogens with zero attached hydrogens (tertiary/aromatic N) is 1. The molecule has 2 aromatic carbocycles. The average Bonchev–Trinajstić information content (AvgIpc) is 3.45. The Kier molecular flexibility index (Phi) is 4.34. The lowest BCUT2D eigenvalue weighted by molar-refractivity contribution is 0.0782. The summed E-state index contributed by atoms with van der Waals surface area (Å²) in [4.78, 5) is 5.08. The van der Waals surface area contributed by atoms with Gasteiger partial charge in [0.2, 0.25) is 0 Å². The van der Waals surface area contributed by atoms with E-state index in [1.807, 2.05) is 0 Å². The van der Waals surface area contributed by atoms with E-state index >= 15 is 0 Å². The van der Waals surface area contributed by atoms with Crippen LogP contribution in [0.5, 0.6) is 0 Å². The van der Waals surface area contributed by atoms with E-state index in [1.165, 1.54) is 24.0 Å². The quantitative estimate of drug-likeness (QED) is 0.846. The van der Waals surface area contributed by atoms with E-state index < -0.39 is 0 Å². The molecule has 3 heteroatoms. The van der Waals surface area contributed by atoms with Crippen LogP contribution in [0.15, 0.2) is 65.7 Å². The summed E-state index contributed by atoms with van der Waals surface area (Å²) in [6, 6.07) is 21.2. The third kappa shape index (κ3) is 3.34. The third-order valence-corrected chi connectivity index (χ3v) is 5.50. The van der Waals surface area contributed by atoms with Gasteiger partial charge in [-0.1, -0.05) is 60.7 Å². The maximum absolute atomic E-state index is 6.07. The average molecular weight is 334 g/mol. The highest BCUT2D eigenvalue weighted by molar-refractivity contribution is 5.86. The first-order valence-electron chi connectivity index (χ1n) is 9.24. The number of aliphatic imine (C=N–C) groups is 1. The molecule has 1 N–H and O–H groups in total. The number of hydrogen-bond donors (Lipinski definition) is 1. The molecule has 1 aliphatic carbocycles. The molecule has 130 valence electrons. The van der Waals surface area contributed by atoms with E-state index in [-0.39, 0.29) is 11.6 Å². The van der Waals surface area contributed by atoms with Crippen LogP contribution in [0.3, 0.4) is 0 Å². The van der Waals surface area contributed by atoms with Gasteiger partial charge in [0, 0.05) is 0 Å². The normalized spacial score (nSPS) is 26.8. The van der Waals surface area contributed by atoms with Crippen molar-refractivity contribution in [2.45, 2.75) is 44.4 Å². The standard InChI is InChI=1S/C22H26N2O/c1-16(17-13-14-17)25-15-20-23-21(18-9-5-3-6-10-18)22(2,24-20)19-11-7-4-8-12-19/h3-12,16-17,21H,13-15H2,1-2H3,(H,23,24)/t16?,21-,22+/m1/s1. The summed E-state index contributed by atoms with van der Waals surface area (Å²) in [6.07, 6.45) is 2.92. The lowest BCUT2D eigenvalue weighted by atomic mass is 9.82. The zero-order valence-electron chi connectivity index (χ0n) is 15.0. The third-order valence-electron chi connectivity index (χ3n) is 5.50. The predicted molar refractivity (Wildman–Crippen MR) is 102 cm³/mol. The van der Waals surface area contributed by atoms with Gasteiger partial charge in [0.15, 0.2) is 0 Å². The molecule has 0 saturated heterocycles. The van der Waals surface area contributed by atoms with Crippen molar-refractivity contribution in [2.75, 3.05) is 6.61 Å². The van der Waals surface area contributed by atoms with Crippen LogP contribution in [-0.4, -0.2) is 18.5 Å². The van der Waals surface area contributed by atoms with Gasteiger partial charge in [0.1, 0.15) is 18.0 Å². The summed E-state index contributed by atoms with van der Waals surface area (Å²) in [5.74, 6) is 1.69. The fraction of sp³-hybridized carbons (Fsp3) is 0.409. The summed E-state index contributed by atoms with van der Waals surface area (Å²) >= 11 is 0. The summed E-state index contributed by atoms with van der Waals surface area (Å²) < 4.78 is 6.07. The first-order valence-corrected chi connectivity index (χ1v) is 9.24. The van der Waals surface area contributed by atoms with Crippen molar-refractivity contribution in [3.63, 3.8) is 0 Å². The lowest BCUT2D eigenvalue weighted by Gasteiger charge is -2.30. The van der Waals surface area contributed by atoms with Crippen LogP contribution in [0.25, 0.3) is 0 Å². The van der Waals surface area contributed by atoms with Crippen molar-refractivity contribution in [2.24, 2.45) is 10.9 Å². The highest BCUT2D eigenvalue weighted by Gasteiger charge is 2.42. The summed E-state index contributed by atoms with van der Waals surface area (Å²) in [6.45, 7) is 4.95. The maximum atomic E-state index is 6.07. The molecule has 25 heavy (non-hydrogen) atoms. The molecule has 1 saturated carbocycles. The van der Waals surface area contributed by atoms with E-state index in [4.69, 9.17) is 9.73 Å². The van der Waals surface area contributed by atoms with E-state index in [0.29, 0.717) is 12.7 Å². The van der Waals surface area contributed by atoms with Gasteiger partial charge < -0.3 is 10.1 Å². The highest BCUT2D eigenvalue weighted by atomic mass is 16.5. The van der Waals surface area contributed by atoms with Crippen LogP contribution in [-0.2, 0) is 10.3 Å². The summed E-state index contributed by atoms with van der Waals surface area (Å²) in [5, 5.41) is 3.64. The topological polar surface area (TPSA) is 33.6 Å². The monoisotopic (exact) mass is 334 g/mol. The molecular weight excluding hydrogens is 308 g/mol. The molecule has 2 aliphatic rings. The van der Waals surface area contributed by atoms with Crippen LogP contribution in [0, 0.1) is 5.92 Å². The first-order chi connectivity index (χ1) is 12.2. The Labute approximate surface area is 150 Å². The fourth-order valence-electron chi connectivity index (χ4n) is 3.73. The van der Waals surface area contributed by atoms with Crippen molar-refractivity contribution in [1.29, 1.82) is 0 Å². The minimum Gasteiger partial charge on any atom is -0.370 e. The number of rotatable bonds is 6. The molecule has 0 aromatic heterocycles. The molecular formula is C22H26N2O. The zero-order chi connectivity index (χ0) is 17.3. The van der Waals surface area contributed by atoms with Crippen molar-refractivity contribution in [3.05, 3.63) is 71.8 Å². The molecule has 3 atom stereocenters. The smallest absolute Gasteiger partial charge is 0.124 e. The minimum atomic E-state index is -0.329. The van der Waals surface area contributed by atoms with E-state index in [9.17, 15) is 0 Å². The Balaban J connectivity index is 1.60. The molecule has 2 aromatic rings. The van der Waals surface area contributed by atoms with Crippen molar-refractivity contribution < 1.29 is 4.74 Å². The number of benzene rings is 2. The second kappa shape index (κ2) is 6.64. The summed E-state index contributed by atoms with van der Waals surface area (Å²) in [7, 11) is 0. The van der Waals surface area contributed by atoms with Gasteiger partial charge in [-0.25, -0.2) is 0 Å². The zero-order valence-corrected chi connectivity index (χ0v) is 15.0. The van der Waals surface area contributed by atoms with Gasteiger partial charge in [-0.15, -0.1) is 0 Å². The fourth-order valence-corrected chi connectivity index (χ4v) is 3.73. The molecule has 0 radical (unpaired) electrons. The molecule has 4 rings (SSSR count). The maximum Gasteiger partial charge on any atom is 0.124 e. The Bertz CT molecular complexity index is 739. The van der Waals surface area contributed by atoms with E-state index in [0.717, 1.165) is 11.8 Å². The van der Waals surface area contributed by atoms with E-state index in [2.05, 4.69) is 79.8 Å². The first kappa shape index (κ1) is 16.3. The molecule has 1 aliphatic heterocycles. The van der Waals surface area contributed by atoms with Gasteiger partial charge in [-0.3, -0.25) is 4.99 Å². The van der Waals surface area contributed by atoms with Gasteiger partial charge in [-0.05, 0) is 43.7 Å².